The van der Waals surface area contributed by atoms with Crippen molar-refractivity contribution in [1.29, 1.82) is 0 Å². The zero-order valence-electron chi connectivity index (χ0n) is 18.1. The van der Waals surface area contributed by atoms with E-state index in [1.54, 1.807) is 24.6 Å². The number of hydrogen-bond acceptors (Lipinski definition) is 2. The highest BCUT2D eigenvalue weighted by Crippen LogP contribution is 2.61. The Hall–Kier alpha value is -0.100. The average Bonchev–Trinajstić information content (AvgIpc) is 2.61. The van der Waals surface area contributed by atoms with E-state index in [1.165, 1.54) is 51.4 Å². The van der Waals surface area contributed by atoms with E-state index in [9.17, 15) is 9.90 Å². The Morgan fingerprint density at radius 2 is 0.920 bits per heavy atom. The van der Waals surface area contributed by atoms with Crippen LogP contribution in [0.25, 0.3) is 0 Å². The van der Waals surface area contributed by atoms with Gasteiger partial charge in [0.25, 0.3) is 0 Å². The summed E-state index contributed by atoms with van der Waals surface area (Å²) < 4.78 is 0. The minimum atomic E-state index is -0.932. The predicted molar refractivity (Wildman–Crippen MR) is 115 cm³/mol. The lowest BCUT2D eigenvalue weighted by Crippen LogP contribution is -2.21. The van der Waals surface area contributed by atoms with Crippen LogP contribution < -0.4 is 5.11 Å². The summed E-state index contributed by atoms with van der Waals surface area (Å²) >= 11 is 0. The minimum absolute atomic E-state index is 0.216. The first-order chi connectivity index (χ1) is 12.0. The normalized spacial score (nSPS) is 11.1. The van der Waals surface area contributed by atoms with Crippen LogP contribution in [-0.2, 0) is 4.79 Å². The number of hydrogen-bond donors (Lipinski definition) is 0. The highest BCUT2D eigenvalue weighted by Gasteiger charge is 2.34. The van der Waals surface area contributed by atoms with Crippen molar-refractivity contribution in [2.24, 2.45) is 0 Å². The largest absolute Gasteiger partial charge is 0.550 e. The lowest BCUT2D eigenvalue weighted by molar-refractivity contribution is -0.305. The number of carbonyl (C=O) groups is 1. The maximum atomic E-state index is 9.76. The molecule has 0 aromatic heterocycles. The molecule has 2 nitrogen and oxygen atoms in total. The lowest BCUT2D eigenvalue weighted by Gasteiger charge is -2.28. The summed E-state index contributed by atoms with van der Waals surface area (Å²) in [6, 6.07) is 0. The first kappa shape index (κ1) is 27.1. The number of carboxylic acid groups (broad SMARTS) is 1. The second-order valence-electron chi connectivity index (χ2n) is 7.48. The highest BCUT2D eigenvalue weighted by atomic mass is 31.2. The zero-order valence-corrected chi connectivity index (χ0v) is 19.0. The molecule has 0 radical (unpaired) electrons. The summed E-state index contributed by atoms with van der Waals surface area (Å²) in [5, 5.41) is 9.76. The van der Waals surface area contributed by atoms with Crippen LogP contribution in [0.3, 0.4) is 0 Å². The minimum Gasteiger partial charge on any atom is -0.550 e. The standard InChI is InChI=1S/C16H36P.C6H12O2/c1-5-9-13-17(14-10-6-2,15-11-7-3)16-12-8-4;1-2-3-4-5-6(7)8/h5-16H2,1-4H3;2-5H2,1H3,(H,7,8)/q+1;/p-1. The third kappa shape index (κ3) is 18.5. The second kappa shape index (κ2) is 20.2. The molecule has 0 saturated carbocycles. The molecule has 0 N–H and O–H groups in total. The van der Waals surface area contributed by atoms with Crippen LogP contribution in [0.15, 0.2) is 0 Å². The fourth-order valence-corrected chi connectivity index (χ4v) is 8.45. The monoisotopic (exact) mass is 374 g/mol. The van der Waals surface area contributed by atoms with Crippen molar-refractivity contribution in [3.05, 3.63) is 0 Å². The van der Waals surface area contributed by atoms with Gasteiger partial charge in [-0.3, -0.25) is 0 Å². The SMILES string of the molecule is CCCCCC(=O)[O-].CCCC[P+](CCCC)(CCCC)CCCC. The first-order valence-electron chi connectivity index (χ1n) is 11.1. The van der Waals surface area contributed by atoms with Crippen molar-refractivity contribution in [3.63, 3.8) is 0 Å². The summed E-state index contributed by atoms with van der Waals surface area (Å²) in [6.07, 6.45) is 21.0. The van der Waals surface area contributed by atoms with Gasteiger partial charge in [-0.25, -0.2) is 0 Å². The highest BCUT2D eigenvalue weighted by molar-refractivity contribution is 7.75. The van der Waals surface area contributed by atoms with Gasteiger partial charge in [0.15, 0.2) is 0 Å². The molecule has 0 bridgehead atoms. The first-order valence-corrected chi connectivity index (χ1v) is 13.6. The molecule has 0 aliphatic heterocycles. The fraction of sp³-hybridized carbons (Fsp3) is 0.955. The van der Waals surface area contributed by atoms with Gasteiger partial charge in [0.1, 0.15) is 0 Å². The van der Waals surface area contributed by atoms with Crippen molar-refractivity contribution in [3.8, 4) is 0 Å². The molecule has 25 heavy (non-hydrogen) atoms. The summed E-state index contributed by atoms with van der Waals surface area (Å²) in [4.78, 5) is 9.76. The van der Waals surface area contributed by atoms with Gasteiger partial charge in [0, 0.05) is 13.2 Å². The van der Waals surface area contributed by atoms with Crippen molar-refractivity contribution in [1.82, 2.24) is 0 Å². The third-order valence-corrected chi connectivity index (χ3v) is 9.99. The summed E-state index contributed by atoms with van der Waals surface area (Å²) in [6.45, 7) is 11.5. The molecular weight excluding hydrogens is 327 g/mol. The number of unbranched alkanes of at least 4 members (excludes halogenated alkanes) is 6. The Morgan fingerprint density at radius 3 is 1.16 bits per heavy atom. The number of carboxylic acids is 1. The van der Waals surface area contributed by atoms with Crippen LogP contribution in [0.5, 0.6) is 0 Å². The number of rotatable bonds is 16. The molecule has 0 atom stereocenters. The molecule has 0 aliphatic carbocycles. The Bertz CT molecular complexity index is 242. The van der Waals surface area contributed by atoms with Crippen LogP contribution in [0.2, 0.25) is 0 Å². The molecule has 0 fully saturated rings. The van der Waals surface area contributed by atoms with E-state index in [0.29, 0.717) is 0 Å². The maximum absolute atomic E-state index is 9.76. The molecule has 3 heteroatoms. The van der Waals surface area contributed by atoms with Crippen molar-refractivity contribution in [2.45, 2.75) is 112 Å². The predicted octanol–water partition coefficient (Wildman–Crippen LogP) is 6.52. The Labute approximate surface area is 159 Å². The van der Waals surface area contributed by atoms with E-state index in [4.69, 9.17) is 0 Å². The average molecular weight is 375 g/mol. The Morgan fingerprint density at radius 1 is 0.600 bits per heavy atom. The van der Waals surface area contributed by atoms with E-state index in [0.717, 1.165) is 19.3 Å². The molecule has 0 rings (SSSR count). The third-order valence-electron chi connectivity index (χ3n) is 4.93. The molecule has 0 aliphatic rings. The van der Waals surface area contributed by atoms with Gasteiger partial charge >= 0.3 is 0 Å². The van der Waals surface area contributed by atoms with E-state index >= 15 is 0 Å². The Balaban J connectivity index is 0. The second-order valence-corrected chi connectivity index (χ2v) is 12.0. The molecule has 0 aromatic carbocycles. The van der Waals surface area contributed by atoms with E-state index in [1.807, 2.05) is 6.92 Å². The lowest BCUT2D eigenvalue weighted by atomic mass is 10.2. The van der Waals surface area contributed by atoms with Gasteiger partial charge in [-0.15, -0.1) is 0 Å². The van der Waals surface area contributed by atoms with E-state index in [-0.39, 0.29) is 6.42 Å². The molecule has 0 heterocycles. The van der Waals surface area contributed by atoms with Gasteiger partial charge < -0.3 is 9.90 Å². The molecule has 0 amide bonds. The number of aliphatic carboxylic acids is 1. The molecule has 0 saturated heterocycles. The summed E-state index contributed by atoms with van der Waals surface area (Å²) in [5.74, 6) is -0.932. The summed E-state index contributed by atoms with van der Waals surface area (Å²) in [5.41, 5.74) is 0. The fourth-order valence-electron chi connectivity index (χ4n) is 3.16. The maximum Gasteiger partial charge on any atom is 0.0594 e. The summed E-state index contributed by atoms with van der Waals surface area (Å²) in [7, 11) is -0.562. The zero-order chi connectivity index (χ0) is 19.4. The topological polar surface area (TPSA) is 40.1 Å². The van der Waals surface area contributed by atoms with Crippen molar-refractivity contribution >= 4 is 13.2 Å². The smallest absolute Gasteiger partial charge is 0.0594 e. The van der Waals surface area contributed by atoms with Crippen molar-refractivity contribution in [2.75, 3.05) is 24.6 Å². The number of carbonyl (C=O) groups excluding carboxylic acids is 1. The molecule has 0 aromatic rings. The van der Waals surface area contributed by atoms with E-state index < -0.39 is 13.2 Å². The molecule has 0 unspecified atom stereocenters. The quantitative estimate of drug-likeness (QED) is 0.228. The van der Waals surface area contributed by atoms with Crippen LogP contribution in [0, 0.1) is 0 Å². The van der Waals surface area contributed by atoms with Gasteiger partial charge in [-0.2, -0.15) is 0 Å². The van der Waals surface area contributed by atoms with Gasteiger partial charge in [0.05, 0.1) is 24.6 Å². The van der Waals surface area contributed by atoms with Gasteiger partial charge in [-0.1, -0.05) is 73.1 Å². The molecule has 0 spiro atoms. The Kier molecular flexibility index (Phi) is 21.9. The van der Waals surface area contributed by atoms with Gasteiger partial charge in [-0.05, 0) is 38.5 Å². The molecular formula is C22H47O2P. The van der Waals surface area contributed by atoms with Crippen molar-refractivity contribution < 1.29 is 9.90 Å². The van der Waals surface area contributed by atoms with Crippen LogP contribution in [0.4, 0.5) is 0 Å². The molecule has 152 valence electrons. The van der Waals surface area contributed by atoms with Crippen LogP contribution >= 0.6 is 7.26 Å². The van der Waals surface area contributed by atoms with Gasteiger partial charge in [0.2, 0.25) is 0 Å². The van der Waals surface area contributed by atoms with Crippen LogP contribution in [0.1, 0.15) is 112 Å². The van der Waals surface area contributed by atoms with E-state index in [2.05, 4.69) is 27.7 Å². The van der Waals surface area contributed by atoms with Crippen LogP contribution in [-0.4, -0.2) is 30.6 Å².